The van der Waals surface area contributed by atoms with Crippen molar-refractivity contribution in [2.24, 2.45) is 0 Å². The van der Waals surface area contributed by atoms with Crippen molar-refractivity contribution < 1.29 is 4.79 Å². The Hall–Kier alpha value is -2.22. The van der Waals surface area contributed by atoms with Crippen LogP contribution in [0.2, 0.25) is 0 Å². The number of nitrogen functional groups attached to an aromatic ring is 1. The highest BCUT2D eigenvalue weighted by Gasteiger charge is 2.12. The van der Waals surface area contributed by atoms with Gasteiger partial charge in [-0.1, -0.05) is 0 Å². The number of carbonyl (C=O) groups is 1. The summed E-state index contributed by atoms with van der Waals surface area (Å²) >= 11 is 0. The number of nitrogens with two attached hydrogens (primary N) is 1. The van der Waals surface area contributed by atoms with Crippen LogP contribution in [-0.4, -0.2) is 18.0 Å². The van der Waals surface area contributed by atoms with Crippen LogP contribution in [0.4, 0.5) is 11.4 Å². The number of anilines is 2. The zero-order valence-corrected chi connectivity index (χ0v) is 11.6. The molecule has 19 heavy (non-hydrogen) atoms. The number of nitrogens with zero attached hydrogens (tertiary/aromatic N) is 1. The van der Waals surface area contributed by atoms with Crippen LogP contribution < -0.4 is 16.4 Å². The summed E-state index contributed by atoms with van der Waals surface area (Å²) in [4.78, 5) is 11.6. The molecule has 0 fully saturated rings. The maximum Gasteiger partial charge on any atom is 0.222 e. The van der Waals surface area contributed by atoms with Crippen molar-refractivity contribution in [2.75, 3.05) is 17.6 Å². The number of nitriles is 1. The van der Waals surface area contributed by atoms with E-state index >= 15 is 0 Å². The standard InChI is InChI=1S/C14H20N4O/c1-14(2,3)18-13(19)6-7-17-11-4-5-12(16)10(8-11)9-15/h4-5,8,17H,6-7,16H2,1-3H3,(H,18,19). The number of hydrogen-bond acceptors (Lipinski definition) is 4. The highest BCUT2D eigenvalue weighted by molar-refractivity contribution is 5.77. The highest BCUT2D eigenvalue weighted by atomic mass is 16.1. The maximum atomic E-state index is 11.6. The van der Waals surface area contributed by atoms with Gasteiger partial charge in [0.2, 0.25) is 5.91 Å². The van der Waals surface area contributed by atoms with E-state index in [0.717, 1.165) is 5.69 Å². The fourth-order valence-corrected chi connectivity index (χ4v) is 1.56. The Kier molecular flexibility index (Phi) is 4.76. The molecule has 0 aliphatic carbocycles. The summed E-state index contributed by atoms with van der Waals surface area (Å²) in [5.74, 6) is -0.00375. The molecule has 1 rings (SSSR count). The molecule has 4 N–H and O–H groups in total. The summed E-state index contributed by atoms with van der Waals surface area (Å²) in [6, 6.07) is 7.17. The van der Waals surface area contributed by atoms with E-state index in [1.807, 2.05) is 26.8 Å². The predicted octanol–water partition coefficient (Wildman–Crippen LogP) is 1.86. The molecule has 5 heteroatoms. The molecule has 0 aliphatic rings. The first-order valence-corrected chi connectivity index (χ1v) is 6.16. The maximum absolute atomic E-state index is 11.6. The van der Waals surface area contributed by atoms with Crippen LogP contribution in [0.25, 0.3) is 0 Å². The van der Waals surface area contributed by atoms with E-state index in [4.69, 9.17) is 11.0 Å². The van der Waals surface area contributed by atoms with E-state index in [0.29, 0.717) is 24.2 Å². The van der Waals surface area contributed by atoms with Gasteiger partial charge in [0.05, 0.1) is 5.56 Å². The number of amides is 1. The van der Waals surface area contributed by atoms with Gasteiger partial charge in [0.1, 0.15) is 6.07 Å². The Morgan fingerprint density at radius 1 is 1.42 bits per heavy atom. The molecule has 0 atom stereocenters. The Morgan fingerprint density at radius 2 is 2.11 bits per heavy atom. The molecule has 0 saturated carbocycles. The Labute approximate surface area is 113 Å². The quantitative estimate of drug-likeness (QED) is 0.721. The first-order valence-electron chi connectivity index (χ1n) is 6.16. The molecule has 0 saturated heterocycles. The molecule has 102 valence electrons. The molecule has 0 spiro atoms. The Morgan fingerprint density at radius 3 is 2.68 bits per heavy atom. The van der Waals surface area contributed by atoms with E-state index in [1.54, 1.807) is 18.2 Å². The topological polar surface area (TPSA) is 90.9 Å². The number of hydrogen-bond donors (Lipinski definition) is 3. The van der Waals surface area contributed by atoms with Gasteiger partial charge in [0.25, 0.3) is 0 Å². The van der Waals surface area contributed by atoms with E-state index in [9.17, 15) is 4.79 Å². The molecule has 5 nitrogen and oxygen atoms in total. The zero-order valence-electron chi connectivity index (χ0n) is 11.6. The third kappa shape index (κ3) is 5.30. The second kappa shape index (κ2) is 6.10. The van der Waals surface area contributed by atoms with Crippen molar-refractivity contribution in [3.05, 3.63) is 23.8 Å². The second-order valence-electron chi connectivity index (χ2n) is 5.39. The zero-order chi connectivity index (χ0) is 14.5. The lowest BCUT2D eigenvalue weighted by Crippen LogP contribution is -2.41. The third-order valence-corrected chi connectivity index (χ3v) is 2.37. The minimum absolute atomic E-state index is 0.00375. The van der Waals surface area contributed by atoms with E-state index < -0.39 is 0 Å². The molecule has 0 bridgehead atoms. The summed E-state index contributed by atoms with van der Waals surface area (Å²) in [5, 5.41) is 14.8. The van der Waals surface area contributed by atoms with E-state index in [-0.39, 0.29) is 11.4 Å². The van der Waals surface area contributed by atoms with Crippen molar-refractivity contribution in [2.45, 2.75) is 32.7 Å². The lowest BCUT2D eigenvalue weighted by molar-refractivity contribution is -0.122. The molecule has 1 amide bonds. The summed E-state index contributed by atoms with van der Waals surface area (Å²) in [7, 11) is 0. The van der Waals surface area contributed by atoms with Crippen molar-refractivity contribution in [1.29, 1.82) is 5.26 Å². The minimum Gasteiger partial charge on any atom is -0.398 e. The van der Waals surface area contributed by atoms with Crippen molar-refractivity contribution in [3.63, 3.8) is 0 Å². The van der Waals surface area contributed by atoms with E-state index in [2.05, 4.69) is 10.6 Å². The van der Waals surface area contributed by atoms with Gasteiger partial charge in [-0.05, 0) is 39.0 Å². The Balaban J connectivity index is 2.46. The van der Waals surface area contributed by atoms with Crippen LogP contribution in [0.5, 0.6) is 0 Å². The van der Waals surface area contributed by atoms with Gasteiger partial charge in [-0.25, -0.2) is 0 Å². The average molecular weight is 260 g/mol. The fraction of sp³-hybridized carbons (Fsp3) is 0.429. The average Bonchev–Trinajstić information content (AvgIpc) is 2.29. The number of benzene rings is 1. The first kappa shape index (κ1) is 14.8. The van der Waals surface area contributed by atoms with Gasteiger partial charge in [-0.15, -0.1) is 0 Å². The first-order chi connectivity index (χ1) is 8.81. The molecule has 1 aromatic rings. The van der Waals surface area contributed by atoms with Crippen LogP contribution in [0.15, 0.2) is 18.2 Å². The van der Waals surface area contributed by atoms with E-state index in [1.165, 1.54) is 0 Å². The number of rotatable bonds is 4. The van der Waals surface area contributed by atoms with Crippen LogP contribution in [0.1, 0.15) is 32.8 Å². The normalized spacial score (nSPS) is 10.6. The summed E-state index contributed by atoms with van der Waals surface area (Å²) in [6.07, 6.45) is 0.379. The molecule has 1 aromatic carbocycles. The molecule has 0 heterocycles. The van der Waals surface area contributed by atoms with Crippen LogP contribution >= 0.6 is 0 Å². The lowest BCUT2D eigenvalue weighted by Gasteiger charge is -2.20. The molecule has 0 radical (unpaired) electrons. The lowest BCUT2D eigenvalue weighted by atomic mass is 10.1. The van der Waals surface area contributed by atoms with Gasteiger partial charge in [-0.3, -0.25) is 4.79 Å². The van der Waals surface area contributed by atoms with Gasteiger partial charge >= 0.3 is 0 Å². The molecule has 0 unspecified atom stereocenters. The molecule has 0 aromatic heterocycles. The number of nitrogens with one attached hydrogen (secondary N) is 2. The van der Waals surface area contributed by atoms with Crippen molar-refractivity contribution >= 4 is 17.3 Å². The minimum atomic E-state index is -0.216. The third-order valence-electron chi connectivity index (χ3n) is 2.37. The largest absolute Gasteiger partial charge is 0.398 e. The van der Waals surface area contributed by atoms with Crippen molar-refractivity contribution in [3.8, 4) is 6.07 Å². The smallest absolute Gasteiger partial charge is 0.222 e. The number of carbonyl (C=O) groups excluding carboxylic acids is 1. The predicted molar refractivity (Wildman–Crippen MR) is 76.6 cm³/mol. The fourth-order valence-electron chi connectivity index (χ4n) is 1.56. The SMILES string of the molecule is CC(C)(C)NC(=O)CCNc1ccc(N)c(C#N)c1. The summed E-state index contributed by atoms with van der Waals surface area (Å²) < 4.78 is 0. The molecular formula is C14H20N4O. The summed E-state index contributed by atoms with van der Waals surface area (Å²) in [6.45, 7) is 6.34. The monoisotopic (exact) mass is 260 g/mol. The Bertz CT molecular complexity index is 497. The van der Waals surface area contributed by atoms with Gasteiger partial charge in [0.15, 0.2) is 0 Å². The van der Waals surface area contributed by atoms with Crippen LogP contribution in [0.3, 0.4) is 0 Å². The molecule has 0 aliphatic heterocycles. The molecular weight excluding hydrogens is 240 g/mol. The van der Waals surface area contributed by atoms with Gasteiger partial charge in [0, 0.05) is 29.9 Å². The van der Waals surface area contributed by atoms with Gasteiger partial charge in [-0.2, -0.15) is 5.26 Å². The van der Waals surface area contributed by atoms with Gasteiger partial charge < -0.3 is 16.4 Å². The summed E-state index contributed by atoms with van der Waals surface area (Å²) in [5.41, 5.74) is 7.09. The highest BCUT2D eigenvalue weighted by Crippen LogP contribution is 2.16. The van der Waals surface area contributed by atoms with Crippen molar-refractivity contribution in [1.82, 2.24) is 5.32 Å². The second-order valence-corrected chi connectivity index (χ2v) is 5.39. The van der Waals surface area contributed by atoms with Crippen LogP contribution in [0, 0.1) is 11.3 Å². The van der Waals surface area contributed by atoms with Crippen LogP contribution in [-0.2, 0) is 4.79 Å².